The lowest BCUT2D eigenvalue weighted by molar-refractivity contribution is -0.126. The van der Waals surface area contributed by atoms with Gasteiger partial charge in [0, 0.05) is 12.1 Å². The van der Waals surface area contributed by atoms with Gasteiger partial charge in [0.05, 0.1) is 18.8 Å². The van der Waals surface area contributed by atoms with Crippen LogP contribution in [0.5, 0.6) is 11.5 Å². The molecule has 1 atom stereocenters. The molecule has 0 aromatic heterocycles. The number of benzene rings is 1. The zero-order valence-electron chi connectivity index (χ0n) is 15.1. The van der Waals surface area contributed by atoms with Crippen LogP contribution in [0.3, 0.4) is 0 Å². The van der Waals surface area contributed by atoms with E-state index >= 15 is 0 Å². The number of carbonyl (C=O) groups is 1. The lowest BCUT2D eigenvalue weighted by Crippen LogP contribution is -2.51. The molecule has 24 heavy (non-hydrogen) atoms. The van der Waals surface area contributed by atoms with Crippen LogP contribution in [0.2, 0.25) is 0 Å². The van der Waals surface area contributed by atoms with Crippen LogP contribution in [-0.2, 0) is 11.3 Å². The van der Waals surface area contributed by atoms with Gasteiger partial charge in [-0.1, -0.05) is 25.5 Å². The van der Waals surface area contributed by atoms with Crippen LogP contribution in [0.1, 0.15) is 57.9 Å². The third-order valence-corrected chi connectivity index (χ3v) is 4.59. The number of ether oxygens (including phenoxy) is 2. The van der Waals surface area contributed by atoms with E-state index in [1.807, 2.05) is 25.1 Å². The fourth-order valence-electron chi connectivity index (χ4n) is 3.18. The minimum Gasteiger partial charge on any atom is -0.493 e. The molecule has 0 saturated heterocycles. The Hall–Kier alpha value is -1.75. The molecule has 1 amide bonds. The first-order valence-electron chi connectivity index (χ1n) is 8.87. The van der Waals surface area contributed by atoms with Crippen molar-refractivity contribution in [3.8, 4) is 11.5 Å². The van der Waals surface area contributed by atoms with E-state index in [9.17, 15) is 4.79 Å². The van der Waals surface area contributed by atoms with Crippen LogP contribution >= 0.6 is 0 Å². The summed E-state index contributed by atoms with van der Waals surface area (Å²) in [6, 6.07) is 5.76. The predicted octanol–water partition coefficient (Wildman–Crippen LogP) is 3.15. The van der Waals surface area contributed by atoms with Gasteiger partial charge in [0.2, 0.25) is 5.91 Å². The Morgan fingerprint density at radius 3 is 2.71 bits per heavy atom. The molecule has 2 rings (SSSR count). The highest BCUT2D eigenvalue weighted by Gasteiger charge is 2.27. The van der Waals surface area contributed by atoms with E-state index in [1.54, 1.807) is 14.0 Å². The van der Waals surface area contributed by atoms with E-state index in [4.69, 9.17) is 15.2 Å². The number of rotatable bonds is 8. The summed E-state index contributed by atoms with van der Waals surface area (Å²) < 4.78 is 11.6. The van der Waals surface area contributed by atoms with E-state index in [-0.39, 0.29) is 12.0 Å². The predicted molar refractivity (Wildman–Crippen MR) is 95.2 cm³/mol. The number of carbonyl (C=O) groups excluding carboxylic acids is 1. The Labute approximate surface area is 144 Å². The minimum atomic E-state index is -0.847. The standard InChI is InChI=1S/C19H30N2O3/c1-4-12-19(2,20)18(22)21-13-14-8-7-11-16(23-3)17(14)24-15-9-5-6-10-15/h7-8,11,15H,4-6,9-10,12-13,20H2,1-3H3,(H,21,22). The van der Waals surface area contributed by atoms with Crippen molar-refractivity contribution in [2.75, 3.05) is 7.11 Å². The molecule has 0 spiro atoms. The Morgan fingerprint density at radius 2 is 2.08 bits per heavy atom. The minimum absolute atomic E-state index is 0.140. The Bertz CT molecular complexity index is 552. The molecule has 134 valence electrons. The summed E-state index contributed by atoms with van der Waals surface area (Å²) in [5.41, 5.74) is 6.16. The number of nitrogens with one attached hydrogen (secondary N) is 1. The molecular weight excluding hydrogens is 304 g/mol. The lowest BCUT2D eigenvalue weighted by Gasteiger charge is -2.24. The van der Waals surface area contributed by atoms with Gasteiger partial charge in [-0.3, -0.25) is 4.79 Å². The summed E-state index contributed by atoms with van der Waals surface area (Å²) in [7, 11) is 1.64. The van der Waals surface area contributed by atoms with Crippen molar-refractivity contribution < 1.29 is 14.3 Å². The summed E-state index contributed by atoms with van der Waals surface area (Å²) in [6.45, 7) is 4.18. The van der Waals surface area contributed by atoms with Gasteiger partial charge in [0.15, 0.2) is 11.5 Å². The molecular formula is C19H30N2O3. The molecule has 1 aromatic rings. The lowest BCUT2D eigenvalue weighted by atomic mass is 9.96. The molecule has 0 bridgehead atoms. The second-order valence-corrected chi connectivity index (χ2v) is 6.82. The van der Waals surface area contributed by atoms with E-state index in [0.717, 1.165) is 30.6 Å². The molecule has 1 aliphatic rings. The zero-order valence-corrected chi connectivity index (χ0v) is 15.1. The zero-order chi connectivity index (χ0) is 17.6. The van der Waals surface area contributed by atoms with Crippen molar-refractivity contribution >= 4 is 5.91 Å². The first kappa shape index (κ1) is 18.6. The summed E-state index contributed by atoms with van der Waals surface area (Å²) >= 11 is 0. The van der Waals surface area contributed by atoms with Crippen molar-refractivity contribution in [1.82, 2.24) is 5.32 Å². The van der Waals surface area contributed by atoms with Gasteiger partial charge in [-0.25, -0.2) is 0 Å². The molecule has 1 aliphatic carbocycles. The maximum atomic E-state index is 12.3. The molecule has 0 aliphatic heterocycles. The smallest absolute Gasteiger partial charge is 0.240 e. The first-order valence-corrected chi connectivity index (χ1v) is 8.87. The maximum absolute atomic E-state index is 12.3. The van der Waals surface area contributed by atoms with Crippen LogP contribution in [0.25, 0.3) is 0 Å². The van der Waals surface area contributed by atoms with Crippen molar-refractivity contribution in [1.29, 1.82) is 0 Å². The molecule has 1 aromatic carbocycles. The van der Waals surface area contributed by atoms with Crippen LogP contribution in [0, 0.1) is 0 Å². The number of amides is 1. The van der Waals surface area contributed by atoms with Gasteiger partial charge in [-0.05, 0) is 45.1 Å². The van der Waals surface area contributed by atoms with Gasteiger partial charge in [0.25, 0.3) is 0 Å². The second-order valence-electron chi connectivity index (χ2n) is 6.82. The normalized spacial score (nSPS) is 17.3. The van der Waals surface area contributed by atoms with Crippen molar-refractivity contribution in [2.45, 2.75) is 70.6 Å². The van der Waals surface area contributed by atoms with E-state index in [1.165, 1.54) is 12.8 Å². The monoisotopic (exact) mass is 334 g/mol. The highest BCUT2D eigenvalue weighted by atomic mass is 16.5. The molecule has 5 heteroatoms. The molecule has 5 nitrogen and oxygen atoms in total. The molecule has 0 radical (unpaired) electrons. The maximum Gasteiger partial charge on any atom is 0.240 e. The fraction of sp³-hybridized carbons (Fsp3) is 0.632. The summed E-state index contributed by atoms with van der Waals surface area (Å²) in [5, 5.41) is 2.94. The molecule has 3 N–H and O–H groups in total. The highest BCUT2D eigenvalue weighted by Crippen LogP contribution is 2.34. The number of hydrogen-bond donors (Lipinski definition) is 2. The van der Waals surface area contributed by atoms with E-state index in [2.05, 4.69) is 5.32 Å². The van der Waals surface area contributed by atoms with E-state index in [0.29, 0.717) is 18.7 Å². The Balaban J connectivity index is 2.10. The van der Waals surface area contributed by atoms with Crippen LogP contribution < -0.4 is 20.5 Å². The SMILES string of the molecule is CCCC(C)(N)C(=O)NCc1cccc(OC)c1OC1CCCC1. The Kier molecular flexibility index (Phi) is 6.49. The quantitative estimate of drug-likeness (QED) is 0.766. The number of hydrogen-bond acceptors (Lipinski definition) is 4. The van der Waals surface area contributed by atoms with Gasteiger partial charge >= 0.3 is 0 Å². The third kappa shape index (κ3) is 4.63. The Morgan fingerprint density at radius 1 is 1.38 bits per heavy atom. The largest absolute Gasteiger partial charge is 0.493 e. The second kappa shape index (κ2) is 8.38. The number of nitrogens with two attached hydrogens (primary N) is 1. The fourth-order valence-corrected chi connectivity index (χ4v) is 3.18. The topological polar surface area (TPSA) is 73.6 Å². The van der Waals surface area contributed by atoms with Gasteiger partial charge < -0.3 is 20.5 Å². The van der Waals surface area contributed by atoms with Crippen molar-refractivity contribution in [3.05, 3.63) is 23.8 Å². The van der Waals surface area contributed by atoms with Crippen molar-refractivity contribution in [3.63, 3.8) is 0 Å². The number of para-hydroxylation sites is 1. The molecule has 1 saturated carbocycles. The van der Waals surface area contributed by atoms with Crippen LogP contribution in [0.4, 0.5) is 0 Å². The number of methoxy groups -OCH3 is 1. The average Bonchev–Trinajstić information content (AvgIpc) is 3.06. The summed E-state index contributed by atoms with van der Waals surface area (Å²) in [6.07, 6.45) is 6.30. The van der Waals surface area contributed by atoms with E-state index < -0.39 is 5.54 Å². The molecule has 1 fully saturated rings. The molecule has 0 heterocycles. The molecule has 1 unspecified atom stereocenters. The first-order chi connectivity index (χ1) is 11.5. The van der Waals surface area contributed by atoms with Gasteiger partial charge in [-0.2, -0.15) is 0 Å². The van der Waals surface area contributed by atoms with Crippen LogP contribution in [-0.4, -0.2) is 24.7 Å². The van der Waals surface area contributed by atoms with Crippen molar-refractivity contribution in [2.24, 2.45) is 5.73 Å². The van der Waals surface area contributed by atoms with Crippen LogP contribution in [0.15, 0.2) is 18.2 Å². The highest BCUT2D eigenvalue weighted by molar-refractivity contribution is 5.85. The average molecular weight is 334 g/mol. The third-order valence-electron chi connectivity index (χ3n) is 4.59. The summed E-state index contributed by atoms with van der Waals surface area (Å²) in [5.74, 6) is 1.30. The summed E-state index contributed by atoms with van der Waals surface area (Å²) in [4.78, 5) is 12.3. The van der Waals surface area contributed by atoms with Gasteiger partial charge in [-0.15, -0.1) is 0 Å². The van der Waals surface area contributed by atoms with Gasteiger partial charge in [0.1, 0.15) is 0 Å².